The molecule has 0 aliphatic heterocycles. The van der Waals surface area contributed by atoms with Crippen LogP contribution in [-0.2, 0) is 6.42 Å². The van der Waals surface area contributed by atoms with Crippen molar-refractivity contribution >= 4 is 5.78 Å². The molecule has 0 saturated heterocycles. The maximum absolute atomic E-state index is 12.9. The number of carbonyl (C=O) groups excluding carboxylic acids is 1. The topological polar surface area (TPSA) is 37.3 Å². The van der Waals surface area contributed by atoms with Crippen molar-refractivity contribution in [1.29, 1.82) is 0 Å². The Bertz CT molecular complexity index is 480. The first-order chi connectivity index (χ1) is 9.77. The highest BCUT2D eigenvalue weighted by molar-refractivity contribution is 5.99. The molecule has 3 rings (SSSR count). The first kappa shape index (κ1) is 13.8. The molecule has 2 aliphatic rings. The van der Waals surface area contributed by atoms with Crippen LogP contribution in [0.25, 0.3) is 0 Å². The van der Waals surface area contributed by atoms with Crippen LogP contribution in [0.3, 0.4) is 0 Å². The van der Waals surface area contributed by atoms with E-state index in [9.17, 15) is 9.90 Å². The van der Waals surface area contributed by atoms with Crippen LogP contribution in [0.4, 0.5) is 0 Å². The molecule has 0 spiro atoms. The van der Waals surface area contributed by atoms with Crippen LogP contribution in [0.5, 0.6) is 0 Å². The molecule has 2 nitrogen and oxygen atoms in total. The molecule has 1 aromatic carbocycles. The van der Waals surface area contributed by atoms with Crippen molar-refractivity contribution in [2.24, 2.45) is 11.8 Å². The van der Waals surface area contributed by atoms with E-state index < -0.39 is 0 Å². The number of hydrogen-bond acceptors (Lipinski definition) is 2. The summed E-state index contributed by atoms with van der Waals surface area (Å²) in [7, 11) is 0. The van der Waals surface area contributed by atoms with E-state index in [0.29, 0.717) is 0 Å². The Morgan fingerprint density at radius 1 is 0.950 bits per heavy atom. The van der Waals surface area contributed by atoms with Crippen molar-refractivity contribution in [1.82, 2.24) is 0 Å². The zero-order valence-corrected chi connectivity index (χ0v) is 12.1. The first-order valence-electron chi connectivity index (χ1n) is 8.07. The molecule has 3 unspecified atom stereocenters. The van der Waals surface area contributed by atoms with Gasteiger partial charge >= 0.3 is 0 Å². The van der Waals surface area contributed by atoms with Crippen molar-refractivity contribution in [2.45, 2.75) is 57.5 Å². The lowest BCUT2D eigenvalue weighted by Crippen LogP contribution is -2.32. The van der Waals surface area contributed by atoms with Gasteiger partial charge in [0.05, 0.1) is 6.10 Å². The molecule has 2 heteroatoms. The Hall–Kier alpha value is -1.15. The lowest BCUT2D eigenvalue weighted by atomic mass is 9.78. The average Bonchev–Trinajstić information content (AvgIpc) is 2.76. The van der Waals surface area contributed by atoms with Crippen LogP contribution >= 0.6 is 0 Å². The molecule has 3 atom stereocenters. The van der Waals surface area contributed by atoms with Gasteiger partial charge in [0.15, 0.2) is 5.78 Å². The number of ketones is 1. The second kappa shape index (κ2) is 6.09. The van der Waals surface area contributed by atoms with E-state index in [4.69, 9.17) is 0 Å². The zero-order chi connectivity index (χ0) is 13.9. The third kappa shape index (κ3) is 2.67. The van der Waals surface area contributed by atoms with Gasteiger partial charge in [-0.3, -0.25) is 4.79 Å². The van der Waals surface area contributed by atoms with Crippen LogP contribution in [0.15, 0.2) is 24.3 Å². The molecule has 0 heterocycles. The van der Waals surface area contributed by atoms with E-state index >= 15 is 0 Å². The predicted octanol–water partition coefficient (Wildman–Crippen LogP) is 3.76. The summed E-state index contributed by atoms with van der Waals surface area (Å²) in [6.07, 6.45) is 8.08. The Balaban J connectivity index is 1.88. The molecule has 1 fully saturated rings. The summed E-state index contributed by atoms with van der Waals surface area (Å²) in [6.45, 7) is 0. The predicted molar refractivity (Wildman–Crippen MR) is 79.8 cm³/mol. The van der Waals surface area contributed by atoms with Gasteiger partial charge in [-0.1, -0.05) is 43.5 Å². The fourth-order valence-electron chi connectivity index (χ4n) is 4.02. The maximum atomic E-state index is 12.9. The SMILES string of the molecule is O=C1c2ccccc2CCCC1C1CCCCCC1O. The number of hydrogen-bond donors (Lipinski definition) is 1. The van der Waals surface area contributed by atoms with Gasteiger partial charge in [-0.2, -0.15) is 0 Å². The van der Waals surface area contributed by atoms with Crippen LogP contribution in [0, 0.1) is 11.8 Å². The van der Waals surface area contributed by atoms with Gasteiger partial charge in [-0.15, -0.1) is 0 Å². The largest absolute Gasteiger partial charge is 0.393 e. The van der Waals surface area contributed by atoms with Gasteiger partial charge in [0.2, 0.25) is 0 Å². The van der Waals surface area contributed by atoms with E-state index in [1.807, 2.05) is 18.2 Å². The smallest absolute Gasteiger partial charge is 0.166 e. The number of carbonyl (C=O) groups is 1. The quantitative estimate of drug-likeness (QED) is 0.624. The minimum absolute atomic E-state index is 0.0340. The second-order valence-electron chi connectivity index (χ2n) is 6.39. The molecule has 1 saturated carbocycles. The standard InChI is InChI=1S/C18H24O2/c19-17-12-3-1-2-10-15(17)16-11-6-8-13-7-4-5-9-14(13)18(16)20/h4-5,7,9,15-17,19H,1-3,6,8,10-12H2. The van der Waals surface area contributed by atoms with Gasteiger partial charge in [0.25, 0.3) is 0 Å². The Kier molecular flexibility index (Phi) is 4.21. The maximum Gasteiger partial charge on any atom is 0.166 e. The lowest BCUT2D eigenvalue weighted by molar-refractivity contribution is 0.0515. The van der Waals surface area contributed by atoms with Crippen LogP contribution in [0.2, 0.25) is 0 Å². The highest BCUT2D eigenvalue weighted by Crippen LogP contribution is 2.36. The third-order valence-corrected chi connectivity index (χ3v) is 5.13. The van der Waals surface area contributed by atoms with Crippen molar-refractivity contribution in [3.8, 4) is 0 Å². The summed E-state index contributed by atoms with van der Waals surface area (Å²) in [5.74, 6) is 0.493. The molecular formula is C18H24O2. The molecule has 1 aromatic rings. The van der Waals surface area contributed by atoms with E-state index in [2.05, 4.69) is 6.07 Å². The number of aliphatic hydroxyl groups excluding tert-OH is 1. The first-order valence-corrected chi connectivity index (χ1v) is 8.07. The molecule has 0 aromatic heterocycles. The number of fused-ring (bicyclic) bond motifs is 1. The lowest BCUT2D eigenvalue weighted by Gasteiger charge is -2.28. The summed E-state index contributed by atoms with van der Waals surface area (Å²) in [4.78, 5) is 12.9. The monoisotopic (exact) mass is 272 g/mol. The third-order valence-electron chi connectivity index (χ3n) is 5.13. The number of aryl methyl sites for hydroxylation is 1. The highest BCUT2D eigenvalue weighted by atomic mass is 16.3. The van der Waals surface area contributed by atoms with Crippen LogP contribution < -0.4 is 0 Å². The molecule has 1 N–H and O–H groups in total. The van der Waals surface area contributed by atoms with Gasteiger partial charge in [-0.25, -0.2) is 0 Å². The molecule has 0 radical (unpaired) electrons. The van der Waals surface area contributed by atoms with Crippen LogP contribution in [-0.4, -0.2) is 17.0 Å². The van der Waals surface area contributed by atoms with E-state index in [1.54, 1.807) is 0 Å². The normalized spacial score (nSPS) is 31.2. The highest BCUT2D eigenvalue weighted by Gasteiger charge is 2.36. The van der Waals surface area contributed by atoms with Gasteiger partial charge in [0, 0.05) is 11.5 Å². The Morgan fingerprint density at radius 2 is 1.75 bits per heavy atom. The fraction of sp³-hybridized carbons (Fsp3) is 0.611. The van der Waals surface area contributed by atoms with Crippen molar-refractivity contribution in [3.63, 3.8) is 0 Å². The number of benzene rings is 1. The summed E-state index contributed by atoms with van der Waals surface area (Å²) in [5, 5.41) is 10.4. The minimum Gasteiger partial charge on any atom is -0.393 e. The number of rotatable bonds is 1. The van der Waals surface area contributed by atoms with Crippen molar-refractivity contribution in [3.05, 3.63) is 35.4 Å². The molecule has 108 valence electrons. The Morgan fingerprint density at radius 3 is 2.65 bits per heavy atom. The minimum atomic E-state index is -0.281. The molecule has 2 aliphatic carbocycles. The summed E-state index contributed by atoms with van der Waals surface area (Å²) in [6, 6.07) is 8.04. The summed E-state index contributed by atoms with van der Waals surface area (Å²) >= 11 is 0. The van der Waals surface area contributed by atoms with Gasteiger partial charge in [-0.05, 0) is 43.6 Å². The van der Waals surface area contributed by atoms with E-state index in [-0.39, 0.29) is 23.7 Å². The number of Topliss-reactive ketones (excluding diaryl/α,β-unsaturated/α-hetero) is 1. The second-order valence-corrected chi connectivity index (χ2v) is 6.39. The summed E-state index contributed by atoms with van der Waals surface area (Å²) in [5.41, 5.74) is 2.11. The van der Waals surface area contributed by atoms with Crippen molar-refractivity contribution < 1.29 is 9.90 Å². The fourth-order valence-corrected chi connectivity index (χ4v) is 4.02. The number of aliphatic hydroxyl groups is 1. The van der Waals surface area contributed by atoms with E-state index in [1.165, 1.54) is 12.0 Å². The zero-order valence-electron chi connectivity index (χ0n) is 12.1. The van der Waals surface area contributed by atoms with Crippen LogP contribution in [0.1, 0.15) is 60.9 Å². The van der Waals surface area contributed by atoms with Gasteiger partial charge in [0.1, 0.15) is 0 Å². The Labute approximate surface area is 121 Å². The molecule has 0 bridgehead atoms. The summed E-state index contributed by atoms with van der Waals surface area (Å²) < 4.78 is 0. The molecular weight excluding hydrogens is 248 g/mol. The molecule has 0 amide bonds. The van der Waals surface area contributed by atoms with Crippen molar-refractivity contribution in [2.75, 3.05) is 0 Å². The average molecular weight is 272 g/mol. The van der Waals surface area contributed by atoms with Gasteiger partial charge < -0.3 is 5.11 Å². The molecule has 20 heavy (non-hydrogen) atoms. The van der Waals surface area contributed by atoms with E-state index in [0.717, 1.165) is 50.5 Å².